The Kier molecular flexibility index (Phi) is 5.10. The van der Waals surface area contributed by atoms with Gasteiger partial charge in [-0.1, -0.05) is 19.1 Å². The van der Waals surface area contributed by atoms with Crippen molar-refractivity contribution in [2.45, 2.75) is 25.4 Å². The molecule has 0 amide bonds. The third-order valence-electron chi connectivity index (χ3n) is 3.85. The third-order valence-corrected chi connectivity index (χ3v) is 3.85. The van der Waals surface area contributed by atoms with Gasteiger partial charge in [0.15, 0.2) is 0 Å². The highest BCUT2D eigenvalue weighted by Gasteiger charge is 2.35. The van der Waals surface area contributed by atoms with Crippen LogP contribution in [0.2, 0.25) is 0 Å². The first-order chi connectivity index (χ1) is 11.6. The van der Waals surface area contributed by atoms with Gasteiger partial charge in [0.1, 0.15) is 0 Å². The Bertz CT molecular complexity index is 801. The minimum absolute atomic E-state index is 0.0630. The van der Waals surface area contributed by atoms with Crippen molar-refractivity contribution < 1.29 is 28.0 Å². The lowest BCUT2D eigenvalue weighted by atomic mass is 9.90. The van der Waals surface area contributed by atoms with E-state index in [9.17, 15) is 28.1 Å². The molecule has 1 atom stereocenters. The zero-order valence-corrected chi connectivity index (χ0v) is 13.1. The lowest BCUT2D eigenvalue weighted by molar-refractivity contribution is -0.384. The van der Waals surface area contributed by atoms with Gasteiger partial charge in [0.25, 0.3) is 5.69 Å². The highest BCUT2D eigenvalue weighted by atomic mass is 19.4. The van der Waals surface area contributed by atoms with Crippen molar-refractivity contribution in [1.82, 2.24) is 0 Å². The molecule has 25 heavy (non-hydrogen) atoms. The maximum Gasteiger partial charge on any atom is 0.417 e. The largest absolute Gasteiger partial charge is 0.481 e. The molecule has 0 saturated carbocycles. The number of hydrogen-bond acceptors (Lipinski definition) is 3. The minimum Gasteiger partial charge on any atom is -0.481 e. The number of carboxylic acids is 1. The fourth-order valence-corrected chi connectivity index (χ4v) is 2.58. The summed E-state index contributed by atoms with van der Waals surface area (Å²) in [5.41, 5.74) is -1.14. The first kappa shape index (κ1) is 18.4. The second-order valence-corrected chi connectivity index (χ2v) is 5.41. The van der Waals surface area contributed by atoms with Crippen LogP contribution in [0.5, 0.6) is 0 Å². The summed E-state index contributed by atoms with van der Waals surface area (Å²) in [6.45, 7) is 1.58. The molecule has 0 heterocycles. The smallest absolute Gasteiger partial charge is 0.417 e. The van der Waals surface area contributed by atoms with Crippen molar-refractivity contribution in [1.29, 1.82) is 0 Å². The summed E-state index contributed by atoms with van der Waals surface area (Å²) >= 11 is 0. The van der Waals surface area contributed by atoms with E-state index in [1.807, 2.05) is 0 Å². The van der Waals surface area contributed by atoms with Gasteiger partial charge in [0, 0.05) is 12.1 Å². The van der Waals surface area contributed by atoms with Crippen LogP contribution in [0.15, 0.2) is 42.5 Å². The Hall–Kier alpha value is -2.90. The quantitative estimate of drug-likeness (QED) is 0.615. The van der Waals surface area contributed by atoms with Crippen molar-refractivity contribution in [3.05, 3.63) is 63.7 Å². The van der Waals surface area contributed by atoms with Gasteiger partial charge in [-0.3, -0.25) is 14.9 Å². The van der Waals surface area contributed by atoms with E-state index in [0.717, 1.165) is 18.2 Å². The summed E-state index contributed by atoms with van der Waals surface area (Å²) in [4.78, 5) is 21.2. The number of nitro groups is 1. The number of carbonyl (C=O) groups is 1. The predicted molar refractivity (Wildman–Crippen MR) is 84.2 cm³/mol. The molecule has 0 radical (unpaired) electrons. The molecule has 0 saturated heterocycles. The van der Waals surface area contributed by atoms with Crippen LogP contribution >= 0.6 is 0 Å². The van der Waals surface area contributed by atoms with Gasteiger partial charge >= 0.3 is 12.1 Å². The number of halogens is 3. The monoisotopic (exact) mass is 353 g/mol. The molecule has 0 aliphatic carbocycles. The molecular formula is C17H14F3NO4. The molecule has 2 aromatic rings. The van der Waals surface area contributed by atoms with E-state index < -0.39 is 28.6 Å². The van der Waals surface area contributed by atoms with Crippen LogP contribution in [-0.4, -0.2) is 16.0 Å². The van der Waals surface area contributed by atoms with Crippen molar-refractivity contribution in [3.8, 4) is 11.1 Å². The van der Waals surface area contributed by atoms with Crippen LogP contribution in [0.3, 0.4) is 0 Å². The number of nitrogens with zero attached hydrogens (tertiary/aromatic N) is 1. The van der Waals surface area contributed by atoms with Crippen LogP contribution in [0.25, 0.3) is 11.1 Å². The van der Waals surface area contributed by atoms with Gasteiger partial charge in [-0.25, -0.2) is 0 Å². The van der Waals surface area contributed by atoms with Gasteiger partial charge in [0.05, 0.1) is 16.4 Å². The van der Waals surface area contributed by atoms with Gasteiger partial charge in [0.2, 0.25) is 0 Å². The Balaban J connectivity index is 2.58. The summed E-state index contributed by atoms with van der Waals surface area (Å²) in [6, 6.07) is 8.08. The number of carboxylic acid groups (broad SMARTS) is 1. The van der Waals surface area contributed by atoms with E-state index in [4.69, 9.17) is 5.11 Å². The number of benzene rings is 2. The molecule has 0 bridgehead atoms. The molecule has 2 aromatic carbocycles. The molecular weight excluding hydrogens is 339 g/mol. The first-order valence-electron chi connectivity index (χ1n) is 7.34. The van der Waals surface area contributed by atoms with Crippen LogP contribution in [0, 0.1) is 10.1 Å². The molecule has 0 aliphatic rings. The summed E-state index contributed by atoms with van der Waals surface area (Å²) in [7, 11) is 0. The molecule has 0 aromatic heterocycles. The average Bonchev–Trinajstić information content (AvgIpc) is 2.54. The summed E-state index contributed by atoms with van der Waals surface area (Å²) in [6.07, 6.45) is -4.53. The summed E-state index contributed by atoms with van der Waals surface area (Å²) in [5, 5.41) is 19.8. The van der Waals surface area contributed by atoms with Gasteiger partial charge in [-0.05, 0) is 41.3 Å². The normalized spacial score (nSPS) is 12.6. The Morgan fingerprint density at radius 1 is 1.20 bits per heavy atom. The number of alkyl halides is 3. The van der Waals surface area contributed by atoms with Crippen molar-refractivity contribution in [3.63, 3.8) is 0 Å². The summed E-state index contributed by atoms with van der Waals surface area (Å²) in [5.74, 6) is -2.23. The van der Waals surface area contributed by atoms with Crippen LogP contribution < -0.4 is 0 Å². The van der Waals surface area contributed by atoms with E-state index >= 15 is 0 Å². The number of nitro benzene ring substituents is 1. The van der Waals surface area contributed by atoms with Crippen molar-refractivity contribution in [2.24, 2.45) is 0 Å². The first-order valence-corrected chi connectivity index (χ1v) is 7.34. The highest BCUT2D eigenvalue weighted by Crippen LogP contribution is 2.39. The fourth-order valence-electron chi connectivity index (χ4n) is 2.58. The molecule has 0 aliphatic heterocycles. The van der Waals surface area contributed by atoms with Gasteiger partial charge in [-0.2, -0.15) is 13.2 Å². The number of non-ortho nitro benzene ring substituents is 1. The number of aliphatic carboxylic acids is 1. The molecule has 5 nitrogen and oxygen atoms in total. The molecule has 8 heteroatoms. The van der Waals surface area contributed by atoms with E-state index in [-0.39, 0.29) is 28.8 Å². The lowest BCUT2D eigenvalue weighted by Crippen LogP contribution is -2.13. The van der Waals surface area contributed by atoms with E-state index in [1.54, 1.807) is 6.92 Å². The van der Waals surface area contributed by atoms with Crippen molar-refractivity contribution >= 4 is 11.7 Å². The third kappa shape index (κ3) is 3.96. The van der Waals surface area contributed by atoms with Crippen LogP contribution in [0.4, 0.5) is 18.9 Å². The fraction of sp³-hybridized carbons (Fsp3) is 0.235. The SMILES string of the molecule is CCC(C(=O)O)c1ccc(-c2ccc([N+](=O)[O-])cc2)c(C(F)(F)F)c1. The zero-order chi connectivity index (χ0) is 18.8. The maximum absolute atomic E-state index is 13.4. The molecule has 1 unspecified atom stereocenters. The molecule has 132 valence electrons. The highest BCUT2D eigenvalue weighted by molar-refractivity contribution is 5.77. The lowest BCUT2D eigenvalue weighted by Gasteiger charge is -2.17. The van der Waals surface area contributed by atoms with Crippen LogP contribution in [-0.2, 0) is 11.0 Å². The maximum atomic E-state index is 13.4. The van der Waals surface area contributed by atoms with Crippen LogP contribution in [0.1, 0.15) is 30.4 Å². The summed E-state index contributed by atoms with van der Waals surface area (Å²) < 4.78 is 40.3. The second kappa shape index (κ2) is 6.92. The molecule has 0 fully saturated rings. The average molecular weight is 353 g/mol. The molecule has 1 N–H and O–H groups in total. The topological polar surface area (TPSA) is 80.4 Å². The van der Waals surface area contributed by atoms with Gasteiger partial charge < -0.3 is 5.11 Å². The predicted octanol–water partition coefficient (Wildman–Crippen LogP) is 4.86. The number of hydrogen-bond donors (Lipinski definition) is 1. The molecule has 2 rings (SSSR count). The van der Waals surface area contributed by atoms with E-state index in [0.29, 0.717) is 0 Å². The van der Waals surface area contributed by atoms with Crippen molar-refractivity contribution in [2.75, 3.05) is 0 Å². The Morgan fingerprint density at radius 3 is 2.24 bits per heavy atom. The molecule has 0 spiro atoms. The second-order valence-electron chi connectivity index (χ2n) is 5.41. The van der Waals surface area contributed by atoms with Gasteiger partial charge in [-0.15, -0.1) is 0 Å². The number of rotatable bonds is 5. The Morgan fingerprint density at radius 2 is 1.80 bits per heavy atom. The van der Waals surface area contributed by atoms with E-state index in [1.165, 1.54) is 24.3 Å². The zero-order valence-electron chi connectivity index (χ0n) is 13.1. The van der Waals surface area contributed by atoms with E-state index in [2.05, 4.69) is 0 Å². The standard InChI is InChI=1S/C17H14F3NO4/c1-2-13(16(22)23)11-5-8-14(15(9-11)17(18,19)20)10-3-6-12(7-4-10)21(24)25/h3-9,13H,2H2,1H3,(H,22,23). The Labute approximate surface area is 140 Å². The minimum atomic E-state index is -4.69.